The van der Waals surface area contributed by atoms with Gasteiger partial charge in [-0.05, 0) is 43.9 Å². The smallest absolute Gasteiger partial charge is 0.255 e. The Labute approximate surface area is 191 Å². The molecule has 0 atom stereocenters. The number of hydrogen-bond donors (Lipinski definition) is 1. The molecule has 0 bridgehead atoms. The molecule has 0 aromatic carbocycles. The van der Waals surface area contributed by atoms with E-state index < -0.39 is 0 Å². The molecule has 3 aromatic heterocycles. The zero-order valence-corrected chi connectivity index (χ0v) is 18.9. The van der Waals surface area contributed by atoms with Gasteiger partial charge in [0.2, 0.25) is 0 Å². The first-order chi connectivity index (χ1) is 15.5. The Balaban J connectivity index is 1.42. The van der Waals surface area contributed by atoms with E-state index >= 15 is 0 Å². The van der Waals surface area contributed by atoms with Crippen LogP contribution in [0.4, 0.5) is 0 Å². The van der Waals surface area contributed by atoms with Crippen molar-refractivity contribution < 1.29 is 9.59 Å². The Morgan fingerprint density at radius 2 is 1.88 bits per heavy atom. The summed E-state index contributed by atoms with van der Waals surface area (Å²) in [7, 11) is 3.53. The first-order valence-corrected chi connectivity index (χ1v) is 11.3. The number of likely N-dealkylation sites (tertiary alicyclic amines) is 1. The molecule has 2 fully saturated rings. The van der Waals surface area contributed by atoms with Crippen LogP contribution < -0.4 is 5.32 Å². The van der Waals surface area contributed by atoms with Crippen LogP contribution in [0.1, 0.15) is 69.6 Å². The largest absolute Gasteiger partial charge is 0.355 e. The summed E-state index contributed by atoms with van der Waals surface area (Å²) in [4.78, 5) is 36.3. The van der Waals surface area contributed by atoms with E-state index in [4.69, 9.17) is 21.7 Å². The summed E-state index contributed by atoms with van der Waals surface area (Å²) in [6.07, 6.45) is 5.30. The molecule has 1 saturated heterocycles. The van der Waals surface area contributed by atoms with E-state index in [2.05, 4.69) is 10.3 Å². The summed E-state index contributed by atoms with van der Waals surface area (Å²) in [6.45, 7) is 1.24. The van der Waals surface area contributed by atoms with Crippen molar-refractivity contribution in [2.75, 3.05) is 20.1 Å². The van der Waals surface area contributed by atoms with Crippen molar-refractivity contribution >= 4 is 34.4 Å². The second-order valence-electron chi connectivity index (χ2n) is 8.59. The molecule has 1 aliphatic heterocycles. The number of amides is 2. The Morgan fingerprint density at radius 3 is 2.50 bits per heavy atom. The lowest BCUT2D eigenvalue weighted by molar-refractivity contribution is 0.0711. The van der Waals surface area contributed by atoms with Gasteiger partial charge in [0.15, 0.2) is 5.65 Å². The third-order valence-corrected chi connectivity index (χ3v) is 6.67. The number of nitrogens with zero attached hydrogens (tertiary/aromatic N) is 5. The number of piperidine rings is 1. The Hall–Kier alpha value is -3.00. The molecule has 9 heteroatoms. The maximum Gasteiger partial charge on any atom is 0.255 e. The molecule has 1 saturated carbocycles. The SMILES string of the molecule is CNC(=O)c1cc(C2CC2)nc2c1c(C1CCN(C(=O)c3ccc(Cl)nc3)CC1)nn2C. The topological polar surface area (TPSA) is 93.0 Å². The molecule has 3 aromatic rings. The summed E-state index contributed by atoms with van der Waals surface area (Å²) in [5.74, 6) is 0.442. The lowest BCUT2D eigenvalue weighted by atomic mass is 9.90. The third-order valence-electron chi connectivity index (χ3n) is 6.45. The molecule has 0 unspecified atom stereocenters. The molecule has 1 N–H and O–H groups in total. The van der Waals surface area contributed by atoms with Crippen molar-refractivity contribution in [1.29, 1.82) is 0 Å². The molecule has 4 heterocycles. The van der Waals surface area contributed by atoms with Gasteiger partial charge in [-0.2, -0.15) is 5.10 Å². The quantitative estimate of drug-likeness (QED) is 0.613. The van der Waals surface area contributed by atoms with E-state index in [1.807, 2.05) is 18.0 Å². The number of carbonyl (C=O) groups is 2. The van der Waals surface area contributed by atoms with Crippen molar-refractivity contribution in [3.05, 3.63) is 52.1 Å². The monoisotopic (exact) mass is 452 g/mol. The molecule has 2 amide bonds. The first-order valence-electron chi connectivity index (χ1n) is 11.0. The highest BCUT2D eigenvalue weighted by Crippen LogP contribution is 2.41. The van der Waals surface area contributed by atoms with Crippen molar-refractivity contribution in [2.45, 2.75) is 37.5 Å². The molecular weight excluding hydrogens is 428 g/mol. The lowest BCUT2D eigenvalue weighted by Crippen LogP contribution is -2.38. The average Bonchev–Trinajstić information content (AvgIpc) is 3.62. The van der Waals surface area contributed by atoms with E-state index in [9.17, 15) is 9.59 Å². The summed E-state index contributed by atoms with van der Waals surface area (Å²) < 4.78 is 1.79. The van der Waals surface area contributed by atoms with Crippen molar-refractivity contribution in [3.8, 4) is 0 Å². The van der Waals surface area contributed by atoms with Gasteiger partial charge in [-0.1, -0.05) is 11.6 Å². The van der Waals surface area contributed by atoms with E-state index in [1.165, 1.54) is 6.20 Å². The highest BCUT2D eigenvalue weighted by molar-refractivity contribution is 6.29. The van der Waals surface area contributed by atoms with Crippen LogP contribution in [0.2, 0.25) is 5.15 Å². The summed E-state index contributed by atoms with van der Waals surface area (Å²) >= 11 is 5.84. The molecule has 8 nitrogen and oxygen atoms in total. The van der Waals surface area contributed by atoms with Crippen LogP contribution in [0.3, 0.4) is 0 Å². The average molecular weight is 453 g/mol. The summed E-state index contributed by atoms with van der Waals surface area (Å²) in [5, 5.41) is 8.77. The van der Waals surface area contributed by atoms with Gasteiger partial charge in [0.05, 0.1) is 22.2 Å². The third kappa shape index (κ3) is 3.72. The van der Waals surface area contributed by atoms with Gasteiger partial charge in [-0.15, -0.1) is 0 Å². The van der Waals surface area contributed by atoms with Gasteiger partial charge in [0.1, 0.15) is 5.15 Å². The maximum absolute atomic E-state index is 12.8. The fourth-order valence-electron chi connectivity index (χ4n) is 4.53. The molecule has 32 heavy (non-hydrogen) atoms. The van der Waals surface area contributed by atoms with Gasteiger partial charge < -0.3 is 10.2 Å². The molecule has 0 radical (unpaired) electrons. The number of nitrogens with one attached hydrogen (secondary N) is 1. The molecule has 1 aliphatic carbocycles. The van der Waals surface area contributed by atoms with E-state index in [0.717, 1.165) is 48.1 Å². The number of aryl methyl sites for hydroxylation is 1. The molecule has 0 spiro atoms. The number of halogens is 1. The Kier molecular flexibility index (Phi) is 5.33. The standard InChI is InChI=1S/C23H25ClN6O2/c1-25-22(31)16-11-17(13-3-4-13)27-21-19(16)20(28-29(21)2)14-7-9-30(10-8-14)23(32)15-5-6-18(24)26-12-15/h5-6,11-14H,3-4,7-10H2,1-2H3,(H,25,31). The van der Waals surface area contributed by atoms with Gasteiger partial charge in [-0.3, -0.25) is 14.3 Å². The van der Waals surface area contributed by atoms with Crippen LogP contribution in [-0.4, -0.2) is 56.6 Å². The van der Waals surface area contributed by atoms with E-state index in [-0.39, 0.29) is 17.7 Å². The second-order valence-corrected chi connectivity index (χ2v) is 8.98. The predicted molar refractivity (Wildman–Crippen MR) is 121 cm³/mol. The van der Waals surface area contributed by atoms with Gasteiger partial charge in [0, 0.05) is 50.9 Å². The molecular formula is C23H25ClN6O2. The number of hydrogen-bond acceptors (Lipinski definition) is 5. The Bertz CT molecular complexity index is 1190. The maximum atomic E-state index is 12.8. The molecule has 166 valence electrons. The van der Waals surface area contributed by atoms with Crippen LogP contribution in [-0.2, 0) is 7.05 Å². The van der Waals surface area contributed by atoms with Crippen LogP contribution in [0.5, 0.6) is 0 Å². The van der Waals surface area contributed by atoms with Crippen molar-refractivity contribution in [1.82, 2.24) is 30.0 Å². The van der Waals surface area contributed by atoms with E-state index in [0.29, 0.717) is 35.3 Å². The highest BCUT2D eigenvalue weighted by atomic mass is 35.5. The highest BCUT2D eigenvalue weighted by Gasteiger charge is 2.32. The second kappa shape index (κ2) is 8.16. The molecule has 5 rings (SSSR count). The number of fused-ring (bicyclic) bond motifs is 1. The minimum Gasteiger partial charge on any atom is -0.355 e. The molecule has 2 aliphatic rings. The van der Waals surface area contributed by atoms with Crippen molar-refractivity contribution in [2.24, 2.45) is 7.05 Å². The van der Waals surface area contributed by atoms with Crippen LogP contribution in [0.25, 0.3) is 11.0 Å². The first kappa shape index (κ1) is 20.9. The predicted octanol–water partition coefficient (Wildman–Crippen LogP) is 3.27. The number of rotatable bonds is 4. The lowest BCUT2D eigenvalue weighted by Gasteiger charge is -2.31. The van der Waals surface area contributed by atoms with Crippen LogP contribution in [0.15, 0.2) is 24.4 Å². The van der Waals surface area contributed by atoms with E-state index in [1.54, 1.807) is 23.9 Å². The fraction of sp³-hybridized carbons (Fsp3) is 0.435. The minimum absolute atomic E-state index is 0.0414. The minimum atomic E-state index is -0.114. The number of pyridine rings is 2. The van der Waals surface area contributed by atoms with Gasteiger partial charge in [0.25, 0.3) is 11.8 Å². The summed E-state index contributed by atoms with van der Waals surface area (Å²) in [5.41, 5.74) is 3.82. The van der Waals surface area contributed by atoms with Crippen LogP contribution in [0, 0.1) is 0 Å². The van der Waals surface area contributed by atoms with Gasteiger partial charge in [-0.25, -0.2) is 9.97 Å². The van der Waals surface area contributed by atoms with Crippen molar-refractivity contribution in [3.63, 3.8) is 0 Å². The Morgan fingerprint density at radius 1 is 1.12 bits per heavy atom. The zero-order valence-electron chi connectivity index (χ0n) is 18.1. The van der Waals surface area contributed by atoms with Crippen LogP contribution >= 0.6 is 11.6 Å². The van der Waals surface area contributed by atoms with Gasteiger partial charge >= 0.3 is 0 Å². The fourth-order valence-corrected chi connectivity index (χ4v) is 4.64. The normalized spacial score (nSPS) is 17.0. The summed E-state index contributed by atoms with van der Waals surface area (Å²) in [6, 6.07) is 5.27. The number of carbonyl (C=O) groups excluding carboxylic acids is 2. The zero-order chi connectivity index (χ0) is 22.4. The number of aromatic nitrogens is 4.